The predicted molar refractivity (Wildman–Crippen MR) is 85.3 cm³/mol. The lowest BCUT2D eigenvalue weighted by Gasteiger charge is -2.10. The van der Waals surface area contributed by atoms with Gasteiger partial charge in [0.1, 0.15) is 17.3 Å². The van der Waals surface area contributed by atoms with Crippen LogP contribution in [0, 0.1) is 6.92 Å². The number of hydrogen-bond donors (Lipinski definition) is 0. The summed E-state index contributed by atoms with van der Waals surface area (Å²) in [5.74, 6) is 0.722. The fourth-order valence-corrected chi connectivity index (χ4v) is 2.39. The zero-order chi connectivity index (χ0) is 18.7. The van der Waals surface area contributed by atoms with Crippen LogP contribution in [0.5, 0.6) is 6.01 Å². The summed E-state index contributed by atoms with van der Waals surface area (Å²) in [6.45, 7) is 1.87. The minimum absolute atomic E-state index is 0.128. The lowest BCUT2D eigenvalue weighted by molar-refractivity contribution is -0.141. The van der Waals surface area contributed by atoms with E-state index in [1.54, 1.807) is 29.4 Å². The first-order valence-corrected chi connectivity index (χ1v) is 7.66. The molecule has 0 radical (unpaired) electrons. The second-order valence-electron chi connectivity index (χ2n) is 5.46. The average molecular weight is 364 g/mol. The molecule has 3 heterocycles. The van der Waals surface area contributed by atoms with Crippen molar-refractivity contribution in [3.8, 4) is 17.4 Å². The van der Waals surface area contributed by atoms with Gasteiger partial charge in [-0.25, -0.2) is 24.9 Å². The summed E-state index contributed by atoms with van der Waals surface area (Å²) < 4.78 is 45.3. The lowest BCUT2D eigenvalue weighted by Crippen LogP contribution is -2.13. The number of hydrogen-bond acceptors (Lipinski definition) is 6. The molecule has 136 valence electrons. The van der Waals surface area contributed by atoms with Gasteiger partial charge in [-0.2, -0.15) is 13.2 Å². The summed E-state index contributed by atoms with van der Waals surface area (Å²) in [6.07, 6.45) is 2.18. The third-order valence-electron chi connectivity index (χ3n) is 3.55. The van der Waals surface area contributed by atoms with Crippen LogP contribution < -0.4 is 4.74 Å². The molecule has 0 aliphatic rings. The van der Waals surface area contributed by atoms with Gasteiger partial charge in [-0.1, -0.05) is 0 Å². The van der Waals surface area contributed by atoms with Gasteiger partial charge in [0.2, 0.25) is 0 Å². The minimum atomic E-state index is -4.50. The maximum absolute atomic E-state index is 12.9. The first-order chi connectivity index (χ1) is 12.4. The minimum Gasteiger partial charge on any atom is -0.467 e. The molecular formula is C16H15F3N6O. The molecule has 3 aromatic rings. The smallest absolute Gasteiger partial charge is 0.433 e. The van der Waals surface area contributed by atoms with Crippen molar-refractivity contribution < 1.29 is 17.9 Å². The first kappa shape index (κ1) is 17.8. The maximum atomic E-state index is 12.9. The second-order valence-corrected chi connectivity index (χ2v) is 5.46. The number of nitrogens with zero attached hydrogens (tertiary/aromatic N) is 6. The van der Waals surface area contributed by atoms with Gasteiger partial charge in [0.15, 0.2) is 0 Å². The van der Waals surface area contributed by atoms with Crippen LogP contribution in [0.2, 0.25) is 0 Å². The first-order valence-electron chi connectivity index (χ1n) is 7.66. The quantitative estimate of drug-likeness (QED) is 0.693. The molecule has 0 atom stereocenters. The van der Waals surface area contributed by atoms with Crippen LogP contribution in [0.15, 0.2) is 30.9 Å². The SMILES string of the molecule is COc1ncc(-c2nccn2CCc2nc(C)cc(C(F)(F)F)n2)cn1. The molecule has 7 nitrogen and oxygen atoms in total. The number of halogens is 3. The fourth-order valence-electron chi connectivity index (χ4n) is 2.39. The number of alkyl halides is 3. The van der Waals surface area contributed by atoms with Gasteiger partial charge in [0.25, 0.3) is 0 Å². The van der Waals surface area contributed by atoms with Crippen LogP contribution in [0.3, 0.4) is 0 Å². The van der Waals surface area contributed by atoms with Crippen LogP contribution in [-0.2, 0) is 19.1 Å². The summed E-state index contributed by atoms with van der Waals surface area (Å²) in [7, 11) is 1.47. The molecule has 0 aliphatic carbocycles. The Kier molecular flexibility index (Phi) is 4.83. The highest BCUT2D eigenvalue weighted by Gasteiger charge is 2.33. The van der Waals surface area contributed by atoms with E-state index in [-0.39, 0.29) is 23.9 Å². The lowest BCUT2D eigenvalue weighted by atomic mass is 10.3. The molecule has 0 saturated heterocycles. The normalized spacial score (nSPS) is 11.6. The molecule has 26 heavy (non-hydrogen) atoms. The van der Waals surface area contributed by atoms with Crippen molar-refractivity contribution in [2.45, 2.75) is 26.1 Å². The van der Waals surface area contributed by atoms with E-state index in [2.05, 4.69) is 24.9 Å². The van der Waals surface area contributed by atoms with Crippen molar-refractivity contribution in [1.29, 1.82) is 0 Å². The fraction of sp³-hybridized carbons (Fsp3) is 0.312. The standard InChI is InChI=1S/C16H15F3N6O/c1-10-7-12(16(17,18)19)24-13(23-10)3-5-25-6-4-20-14(25)11-8-21-15(26-2)22-9-11/h4,6-9H,3,5H2,1-2H3. The van der Waals surface area contributed by atoms with Crippen molar-refractivity contribution in [1.82, 2.24) is 29.5 Å². The number of aromatic nitrogens is 6. The zero-order valence-electron chi connectivity index (χ0n) is 14.0. The van der Waals surface area contributed by atoms with Crippen LogP contribution in [0.1, 0.15) is 17.2 Å². The summed E-state index contributed by atoms with van der Waals surface area (Å²) in [5, 5.41) is 0. The van der Waals surface area contributed by atoms with Crippen LogP contribution in [-0.4, -0.2) is 36.6 Å². The van der Waals surface area contributed by atoms with Gasteiger partial charge in [0, 0.05) is 43.4 Å². The molecule has 0 bridgehead atoms. The highest BCUT2D eigenvalue weighted by molar-refractivity contribution is 5.52. The third-order valence-corrected chi connectivity index (χ3v) is 3.55. The second kappa shape index (κ2) is 7.06. The van der Waals surface area contributed by atoms with Gasteiger partial charge in [-0.05, 0) is 13.0 Å². The topological polar surface area (TPSA) is 78.6 Å². The van der Waals surface area contributed by atoms with Crippen LogP contribution in [0.25, 0.3) is 11.4 Å². The average Bonchev–Trinajstić information content (AvgIpc) is 3.07. The number of imidazole rings is 1. The Morgan fingerprint density at radius 3 is 2.50 bits per heavy atom. The van der Waals surface area contributed by atoms with Crippen molar-refractivity contribution in [3.05, 3.63) is 48.1 Å². The molecule has 0 aromatic carbocycles. The van der Waals surface area contributed by atoms with Gasteiger partial charge in [0.05, 0.1) is 12.7 Å². The van der Waals surface area contributed by atoms with Gasteiger partial charge in [-0.3, -0.25) is 0 Å². The van der Waals surface area contributed by atoms with Crippen molar-refractivity contribution in [3.63, 3.8) is 0 Å². The Labute approximate surface area is 146 Å². The van der Waals surface area contributed by atoms with E-state index in [9.17, 15) is 13.2 Å². The third kappa shape index (κ3) is 3.95. The van der Waals surface area contributed by atoms with Gasteiger partial charge < -0.3 is 9.30 Å². The summed E-state index contributed by atoms with van der Waals surface area (Å²) >= 11 is 0. The number of ether oxygens (including phenoxy) is 1. The number of methoxy groups -OCH3 is 1. The van der Waals surface area contributed by atoms with Crippen molar-refractivity contribution >= 4 is 0 Å². The Bertz CT molecular complexity index is 892. The van der Waals surface area contributed by atoms with E-state index in [0.29, 0.717) is 17.9 Å². The maximum Gasteiger partial charge on any atom is 0.433 e. The number of aryl methyl sites for hydroxylation is 3. The summed E-state index contributed by atoms with van der Waals surface area (Å²) in [4.78, 5) is 20.0. The highest BCUT2D eigenvalue weighted by atomic mass is 19.4. The van der Waals surface area contributed by atoms with Crippen LogP contribution in [0.4, 0.5) is 13.2 Å². The van der Waals surface area contributed by atoms with Crippen LogP contribution >= 0.6 is 0 Å². The molecule has 3 rings (SSSR count). The molecule has 0 amide bonds. The van der Waals surface area contributed by atoms with Gasteiger partial charge >= 0.3 is 12.2 Å². The highest BCUT2D eigenvalue weighted by Crippen LogP contribution is 2.28. The summed E-state index contributed by atoms with van der Waals surface area (Å²) in [5.41, 5.74) is 0.00286. The Hall–Kier alpha value is -3.04. The number of rotatable bonds is 5. The largest absolute Gasteiger partial charge is 0.467 e. The van der Waals surface area contributed by atoms with E-state index in [4.69, 9.17) is 4.74 Å². The van der Waals surface area contributed by atoms with E-state index in [1.807, 2.05) is 0 Å². The van der Waals surface area contributed by atoms with E-state index in [1.165, 1.54) is 14.0 Å². The summed E-state index contributed by atoms with van der Waals surface area (Å²) in [6, 6.07) is 1.17. The van der Waals surface area contributed by atoms with E-state index >= 15 is 0 Å². The van der Waals surface area contributed by atoms with Gasteiger partial charge in [-0.15, -0.1) is 0 Å². The molecular weight excluding hydrogens is 349 g/mol. The van der Waals surface area contributed by atoms with Crippen molar-refractivity contribution in [2.75, 3.05) is 7.11 Å². The van der Waals surface area contributed by atoms with E-state index in [0.717, 1.165) is 6.07 Å². The Morgan fingerprint density at radius 1 is 1.12 bits per heavy atom. The molecule has 3 aromatic heterocycles. The monoisotopic (exact) mass is 364 g/mol. The molecule has 0 aliphatic heterocycles. The predicted octanol–water partition coefficient (Wildman–Crippen LogP) is 2.71. The van der Waals surface area contributed by atoms with E-state index < -0.39 is 11.9 Å². The molecule has 0 unspecified atom stereocenters. The molecule has 0 spiro atoms. The molecule has 0 saturated carbocycles. The zero-order valence-corrected chi connectivity index (χ0v) is 14.0. The molecule has 0 fully saturated rings. The molecule has 10 heteroatoms. The Morgan fingerprint density at radius 2 is 1.85 bits per heavy atom. The Balaban J connectivity index is 1.79. The van der Waals surface area contributed by atoms with Crippen molar-refractivity contribution in [2.24, 2.45) is 0 Å². The molecule has 0 N–H and O–H groups in total.